The second-order valence-electron chi connectivity index (χ2n) is 6.68. The number of esters is 1. The van der Waals surface area contributed by atoms with E-state index in [1.54, 1.807) is 31.2 Å². The average molecular weight is 373 g/mol. The Hall–Kier alpha value is -3.47. The van der Waals surface area contributed by atoms with Gasteiger partial charge in [0.2, 0.25) is 0 Å². The predicted octanol–water partition coefficient (Wildman–Crippen LogP) is 3.61. The minimum absolute atomic E-state index is 0.177. The molecule has 3 aromatic carbocycles. The van der Waals surface area contributed by atoms with Gasteiger partial charge in [0.1, 0.15) is 6.04 Å². The number of rotatable bonds is 5. The van der Waals surface area contributed by atoms with Crippen molar-refractivity contribution in [3.05, 3.63) is 83.4 Å². The SMILES string of the molecule is CCOC(=O)C(Cc1ccc2ccccc2c1)N1C(=O)c2ccccc2C1=O. The van der Waals surface area contributed by atoms with E-state index in [0.717, 1.165) is 21.2 Å². The summed E-state index contributed by atoms with van der Waals surface area (Å²) in [5.41, 5.74) is 1.49. The van der Waals surface area contributed by atoms with Gasteiger partial charge in [0, 0.05) is 6.42 Å². The van der Waals surface area contributed by atoms with Crippen molar-refractivity contribution in [2.45, 2.75) is 19.4 Å². The molecule has 0 radical (unpaired) electrons. The highest BCUT2D eigenvalue weighted by Crippen LogP contribution is 2.27. The fourth-order valence-electron chi connectivity index (χ4n) is 3.60. The first-order valence-electron chi connectivity index (χ1n) is 9.21. The van der Waals surface area contributed by atoms with E-state index in [2.05, 4.69) is 0 Å². The average Bonchev–Trinajstić information content (AvgIpc) is 2.97. The smallest absolute Gasteiger partial charge is 0.329 e. The maximum Gasteiger partial charge on any atom is 0.329 e. The number of ether oxygens (including phenoxy) is 1. The van der Waals surface area contributed by atoms with Gasteiger partial charge in [-0.3, -0.25) is 14.5 Å². The van der Waals surface area contributed by atoms with Gasteiger partial charge in [-0.2, -0.15) is 0 Å². The molecule has 1 aliphatic rings. The summed E-state index contributed by atoms with van der Waals surface area (Å²) < 4.78 is 5.19. The topological polar surface area (TPSA) is 63.7 Å². The molecule has 0 saturated carbocycles. The Kier molecular flexibility index (Phi) is 4.65. The molecule has 140 valence electrons. The van der Waals surface area contributed by atoms with E-state index in [9.17, 15) is 14.4 Å². The molecule has 28 heavy (non-hydrogen) atoms. The van der Waals surface area contributed by atoms with E-state index >= 15 is 0 Å². The summed E-state index contributed by atoms with van der Waals surface area (Å²) in [6.07, 6.45) is 0.204. The molecule has 1 unspecified atom stereocenters. The summed E-state index contributed by atoms with van der Waals surface area (Å²) in [5, 5.41) is 2.12. The minimum atomic E-state index is -1.01. The van der Waals surface area contributed by atoms with Crippen molar-refractivity contribution in [3.63, 3.8) is 0 Å². The van der Waals surface area contributed by atoms with Crippen molar-refractivity contribution in [2.75, 3.05) is 6.61 Å². The number of hydrogen-bond acceptors (Lipinski definition) is 4. The summed E-state index contributed by atoms with van der Waals surface area (Å²) in [6.45, 7) is 1.88. The molecule has 5 heteroatoms. The summed E-state index contributed by atoms with van der Waals surface area (Å²) in [7, 11) is 0. The van der Waals surface area contributed by atoms with Gasteiger partial charge in [0.05, 0.1) is 17.7 Å². The van der Waals surface area contributed by atoms with Gasteiger partial charge < -0.3 is 4.74 Å². The molecule has 2 amide bonds. The number of nitrogens with zero attached hydrogens (tertiary/aromatic N) is 1. The third-order valence-electron chi connectivity index (χ3n) is 4.94. The van der Waals surface area contributed by atoms with Crippen LogP contribution in [0.15, 0.2) is 66.7 Å². The van der Waals surface area contributed by atoms with E-state index in [1.807, 2.05) is 42.5 Å². The molecule has 0 aromatic heterocycles. The number of fused-ring (bicyclic) bond motifs is 2. The van der Waals surface area contributed by atoms with Crippen molar-refractivity contribution in [1.29, 1.82) is 0 Å². The normalized spacial score (nSPS) is 14.2. The van der Waals surface area contributed by atoms with Crippen LogP contribution in [0, 0.1) is 0 Å². The molecule has 1 heterocycles. The van der Waals surface area contributed by atoms with Gasteiger partial charge in [-0.1, -0.05) is 54.6 Å². The van der Waals surface area contributed by atoms with Crippen LogP contribution < -0.4 is 0 Å². The van der Waals surface area contributed by atoms with Gasteiger partial charge in [-0.15, -0.1) is 0 Å². The van der Waals surface area contributed by atoms with Crippen LogP contribution in [0.25, 0.3) is 10.8 Å². The molecule has 0 bridgehead atoms. The highest BCUT2D eigenvalue weighted by Gasteiger charge is 2.43. The number of amides is 2. The van der Waals surface area contributed by atoms with E-state index < -0.39 is 23.8 Å². The first kappa shape index (κ1) is 17.9. The number of carbonyl (C=O) groups excluding carboxylic acids is 3. The van der Waals surface area contributed by atoms with Crippen molar-refractivity contribution < 1.29 is 19.1 Å². The van der Waals surface area contributed by atoms with Crippen LogP contribution in [-0.2, 0) is 16.0 Å². The van der Waals surface area contributed by atoms with Crippen LogP contribution in [0.3, 0.4) is 0 Å². The van der Waals surface area contributed by atoms with Gasteiger partial charge in [-0.05, 0) is 35.4 Å². The molecule has 5 nitrogen and oxygen atoms in total. The number of benzene rings is 3. The fraction of sp³-hybridized carbons (Fsp3) is 0.174. The second kappa shape index (κ2) is 7.27. The lowest BCUT2D eigenvalue weighted by Crippen LogP contribution is -2.47. The summed E-state index contributed by atoms with van der Waals surface area (Å²) in [5.74, 6) is -1.50. The largest absolute Gasteiger partial charge is 0.464 e. The summed E-state index contributed by atoms with van der Waals surface area (Å²) in [6, 6.07) is 19.4. The quantitative estimate of drug-likeness (QED) is 0.506. The minimum Gasteiger partial charge on any atom is -0.464 e. The van der Waals surface area contributed by atoms with E-state index in [1.165, 1.54) is 0 Å². The fourth-order valence-corrected chi connectivity index (χ4v) is 3.60. The van der Waals surface area contributed by atoms with Crippen molar-refractivity contribution in [1.82, 2.24) is 4.90 Å². The standard InChI is InChI=1S/C23H19NO4/c1-2-28-23(27)20(14-15-11-12-16-7-3-4-8-17(16)13-15)24-21(25)18-9-5-6-10-19(18)22(24)26/h3-13,20H,2,14H2,1H3. The number of imide groups is 1. The zero-order chi connectivity index (χ0) is 19.7. The molecular weight excluding hydrogens is 354 g/mol. The molecule has 4 rings (SSSR count). The molecule has 0 fully saturated rings. The molecule has 0 aliphatic carbocycles. The zero-order valence-electron chi connectivity index (χ0n) is 15.4. The van der Waals surface area contributed by atoms with E-state index in [0.29, 0.717) is 11.1 Å². The lowest BCUT2D eigenvalue weighted by atomic mass is 10.0. The molecular formula is C23H19NO4. The maximum absolute atomic E-state index is 12.9. The highest BCUT2D eigenvalue weighted by atomic mass is 16.5. The molecule has 1 aliphatic heterocycles. The van der Waals surface area contributed by atoms with Crippen molar-refractivity contribution >= 4 is 28.6 Å². The third kappa shape index (κ3) is 3.05. The van der Waals surface area contributed by atoms with Crippen LogP contribution in [-0.4, -0.2) is 35.3 Å². The van der Waals surface area contributed by atoms with E-state index in [4.69, 9.17) is 4.74 Å². The van der Waals surface area contributed by atoms with Crippen LogP contribution in [0.2, 0.25) is 0 Å². The molecule has 1 atom stereocenters. The summed E-state index contributed by atoms with van der Waals surface area (Å²) in [4.78, 5) is 39.4. The summed E-state index contributed by atoms with van der Waals surface area (Å²) >= 11 is 0. The lowest BCUT2D eigenvalue weighted by molar-refractivity contribution is -0.147. The number of hydrogen-bond donors (Lipinski definition) is 0. The van der Waals surface area contributed by atoms with E-state index in [-0.39, 0.29) is 13.0 Å². The Morgan fingerprint density at radius 2 is 1.50 bits per heavy atom. The third-order valence-corrected chi connectivity index (χ3v) is 4.94. The van der Waals surface area contributed by atoms with Crippen LogP contribution >= 0.6 is 0 Å². The molecule has 3 aromatic rings. The van der Waals surface area contributed by atoms with Gasteiger partial charge in [0.25, 0.3) is 11.8 Å². The molecule has 0 N–H and O–H groups in total. The predicted molar refractivity (Wildman–Crippen MR) is 105 cm³/mol. The molecule has 0 saturated heterocycles. The van der Waals surface area contributed by atoms with Crippen LogP contribution in [0.1, 0.15) is 33.2 Å². The van der Waals surface area contributed by atoms with Gasteiger partial charge in [0.15, 0.2) is 0 Å². The Bertz CT molecular complexity index is 1050. The Balaban J connectivity index is 1.70. The second-order valence-corrected chi connectivity index (χ2v) is 6.68. The zero-order valence-corrected chi connectivity index (χ0v) is 15.4. The first-order chi connectivity index (χ1) is 13.6. The van der Waals surface area contributed by atoms with Crippen molar-refractivity contribution in [3.8, 4) is 0 Å². The maximum atomic E-state index is 12.9. The van der Waals surface area contributed by atoms with Gasteiger partial charge >= 0.3 is 5.97 Å². The van der Waals surface area contributed by atoms with Gasteiger partial charge in [-0.25, -0.2) is 4.79 Å². The number of carbonyl (C=O) groups is 3. The molecule has 0 spiro atoms. The highest BCUT2D eigenvalue weighted by molar-refractivity contribution is 6.22. The van der Waals surface area contributed by atoms with Crippen molar-refractivity contribution in [2.24, 2.45) is 0 Å². The monoisotopic (exact) mass is 373 g/mol. The van der Waals surface area contributed by atoms with Crippen LogP contribution in [0.4, 0.5) is 0 Å². The Labute approximate surface area is 162 Å². The Morgan fingerprint density at radius 1 is 0.893 bits per heavy atom. The first-order valence-corrected chi connectivity index (χ1v) is 9.21. The lowest BCUT2D eigenvalue weighted by Gasteiger charge is -2.24. The van der Waals surface area contributed by atoms with Crippen LogP contribution in [0.5, 0.6) is 0 Å². The Morgan fingerprint density at radius 3 is 2.14 bits per heavy atom.